The number of carbonyl (C=O) groups excluding carboxylic acids is 2. The fourth-order valence-electron chi connectivity index (χ4n) is 2.69. The smallest absolute Gasteiger partial charge is 0.226 e. The van der Waals surface area contributed by atoms with Gasteiger partial charge >= 0.3 is 0 Å². The van der Waals surface area contributed by atoms with Crippen molar-refractivity contribution in [2.24, 2.45) is 0 Å². The van der Waals surface area contributed by atoms with E-state index in [-0.39, 0.29) is 11.8 Å². The summed E-state index contributed by atoms with van der Waals surface area (Å²) < 4.78 is 0. The Balaban J connectivity index is 1.79. The molecule has 0 atom stereocenters. The lowest BCUT2D eigenvalue weighted by Gasteiger charge is -2.21. The van der Waals surface area contributed by atoms with Crippen LogP contribution in [0.4, 0.5) is 5.69 Å². The van der Waals surface area contributed by atoms with Gasteiger partial charge in [0.2, 0.25) is 11.8 Å². The van der Waals surface area contributed by atoms with Crippen LogP contribution in [0.2, 0.25) is 0 Å². The molecule has 0 aliphatic rings. The van der Waals surface area contributed by atoms with E-state index in [0.717, 1.165) is 11.3 Å². The third-order valence-electron chi connectivity index (χ3n) is 4.25. The molecule has 2 aromatic rings. The molecule has 0 saturated carbocycles. The Bertz CT molecular complexity index is 671. The second kappa shape index (κ2) is 9.62. The van der Waals surface area contributed by atoms with Gasteiger partial charge in [-0.2, -0.15) is 0 Å². The van der Waals surface area contributed by atoms with Gasteiger partial charge < -0.3 is 9.80 Å². The zero-order valence-electron chi connectivity index (χ0n) is 15.0. The number of hydrogen-bond acceptors (Lipinski definition) is 2. The minimum absolute atomic E-state index is 0.0325. The first-order valence-electron chi connectivity index (χ1n) is 8.75. The van der Waals surface area contributed by atoms with E-state index in [0.29, 0.717) is 32.4 Å². The van der Waals surface area contributed by atoms with Crippen molar-refractivity contribution in [1.82, 2.24) is 4.90 Å². The van der Waals surface area contributed by atoms with Crippen LogP contribution in [0.25, 0.3) is 0 Å². The van der Waals surface area contributed by atoms with E-state index in [1.165, 1.54) is 0 Å². The molecule has 0 heterocycles. The zero-order chi connectivity index (χ0) is 18.1. The van der Waals surface area contributed by atoms with Crippen LogP contribution in [0.5, 0.6) is 0 Å². The van der Waals surface area contributed by atoms with Crippen LogP contribution in [0.3, 0.4) is 0 Å². The standard InChI is InChI=1S/C21H26N2O2/c1-3-23(17-18-11-6-4-7-12-18)21(25)16-10-15-20(24)22(2)19-13-8-5-9-14-19/h4-9,11-14H,3,10,15-17H2,1-2H3. The highest BCUT2D eigenvalue weighted by Gasteiger charge is 2.15. The quantitative estimate of drug-likeness (QED) is 0.733. The minimum atomic E-state index is 0.0325. The SMILES string of the molecule is CCN(Cc1ccccc1)C(=O)CCCC(=O)N(C)c1ccccc1. The molecule has 2 aromatic carbocycles. The molecule has 2 amide bonds. The summed E-state index contributed by atoms with van der Waals surface area (Å²) in [4.78, 5) is 28.1. The number of anilines is 1. The summed E-state index contributed by atoms with van der Waals surface area (Å²) in [5.74, 6) is 0.131. The number of hydrogen-bond donors (Lipinski definition) is 0. The van der Waals surface area contributed by atoms with Gasteiger partial charge in [0, 0.05) is 38.7 Å². The molecule has 0 unspecified atom stereocenters. The highest BCUT2D eigenvalue weighted by atomic mass is 16.2. The Morgan fingerprint density at radius 2 is 1.40 bits per heavy atom. The van der Waals surface area contributed by atoms with E-state index in [2.05, 4.69) is 0 Å². The van der Waals surface area contributed by atoms with Crippen LogP contribution in [0.15, 0.2) is 60.7 Å². The summed E-state index contributed by atoms with van der Waals surface area (Å²) in [5, 5.41) is 0. The molecule has 0 spiro atoms. The molecular weight excluding hydrogens is 312 g/mol. The number of amides is 2. The van der Waals surface area contributed by atoms with Crippen molar-refractivity contribution in [1.29, 1.82) is 0 Å². The first-order chi connectivity index (χ1) is 12.1. The van der Waals surface area contributed by atoms with Crippen LogP contribution >= 0.6 is 0 Å². The van der Waals surface area contributed by atoms with Gasteiger partial charge in [0.1, 0.15) is 0 Å². The monoisotopic (exact) mass is 338 g/mol. The molecule has 0 fully saturated rings. The molecule has 25 heavy (non-hydrogen) atoms. The molecule has 132 valence electrons. The Hall–Kier alpha value is -2.62. The van der Waals surface area contributed by atoms with Gasteiger partial charge in [-0.1, -0.05) is 48.5 Å². The molecule has 2 rings (SSSR count). The largest absolute Gasteiger partial charge is 0.339 e. The molecule has 0 radical (unpaired) electrons. The Kier molecular flexibility index (Phi) is 7.20. The topological polar surface area (TPSA) is 40.6 Å². The van der Waals surface area contributed by atoms with Crippen LogP contribution in [-0.4, -0.2) is 30.3 Å². The molecule has 0 aliphatic carbocycles. The van der Waals surface area contributed by atoms with E-state index >= 15 is 0 Å². The maximum atomic E-state index is 12.4. The van der Waals surface area contributed by atoms with E-state index in [4.69, 9.17) is 0 Å². The minimum Gasteiger partial charge on any atom is -0.339 e. The normalized spacial score (nSPS) is 10.3. The first-order valence-corrected chi connectivity index (χ1v) is 8.75. The maximum absolute atomic E-state index is 12.4. The van der Waals surface area contributed by atoms with Crippen molar-refractivity contribution in [2.75, 3.05) is 18.5 Å². The summed E-state index contributed by atoms with van der Waals surface area (Å²) in [5.41, 5.74) is 2.00. The predicted molar refractivity (Wildman–Crippen MR) is 101 cm³/mol. The third kappa shape index (κ3) is 5.75. The average molecular weight is 338 g/mol. The summed E-state index contributed by atoms with van der Waals surface area (Å²) in [6, 6.07) is 19.5. The average Bonchev–Trinajstić information content (AvgIpc) is 2.66. The molecule has 0 saturated heterocycles. The van der Waals surface area contributed by atoms with Gasteiger partial charge in [0.25, 0.3) is 0 Å². The van der Waals surface area contributed by atoms with Gasteiger partial charge in [-0.05, 0) is 31.0 Å². The summed E-state index contributed by atoms with van der Waals surface area (Å²) in [7, 11) is 1.77. The van der Waals surface area contributed by atoms with E-state index in [1.807, 2.05) is 72.5 Å². The van der Waals surface area contributed by atoms with Crippen molar-refractivity contribution < 1.29 is 9.59 Å². The van der Waals surface area contributed by atoms with Crippen LogP contribution in [-0.2, 0) is 16.1 Å². The van der Waals surface area contributed by atoms with Crippen LogP contribution in [0.1, 0.15) is 31.7 Å². The van der Waals surface area contributed by atoms with Crippen molar-refractivity contribution >= 4 is 17.5 Å². The van der Waals surface area contributed by atoms with Gasteiger partial charge in [-0.25, -0.2) is 0 Å². The molecule has 4 heteroatoms. The summed E-state index contributed by atoms with van der Waals surface area (Å²) >= 11 is 0. The van der Waals surface area contributed by atoms with Crippen molar-refractivity contribution in [3.05, 3.63) is 66.2 Å². The number of benzene rings is 2. The number of para-hydroxylation sites is 1. The maximum Gasteiger partial charge on any atom is 0.226 e. The van der Waals surface area contributed by atoms with E-state index in [1.54, 1.807) is 11.9 Å². The molecule has 0 aliphatic heterocycles. The third-order valence-corrected chi connectivity index (χ3v) is 4.25. The lowest BCUT2D eigenvalue weighted by atomic mass is 10.1. The first kappa shape index (κ1) is 18.7. The number of nitrogens with zero attached hydrogens (tertiary/aromatic N) is 2. The highest BCUT2D eigenvalue weighted by molar-refractivity contribution is 5.93. The van der Waals surface area contributed by atoms with Crippen molar-refractivity contribution in [3.8, 4) is 0 Å². The highest BCUT2D eigenvalue weighted by Crippen LogP contribution is 2.14. The van der Waals surface area contributed by atoms with Crippen LogP contribution in [0, 0.1) is 0 Å². The van der Waals surface area contributed by atoms with E-state index in [9.17, 15) is 9.59 Å². The Morgan fingerprint density at radius 1 is 0.840 bits per heavy atom. The summed E-state index contributed by atoms with van der Waals surface area (Å²) in [6.07, 6.45) is 1.34. The Labute approximate surface area is 150 Å². The van der Waals surface area contributed by atoms with Gasteiger partial charge in [-0.15, -0.1) is 0 Å². The van der Waals surface area contributed by atoms with Crippen molar-refractivity contribution in [3.63, 3.8) is 0 Å². The second-order valence-corrected chi connectivity index (χ2v) is 6.04. The molecule has 4 nitrogen and oxygen atoms in total. The fourth-order valence-corrected chi connectivity index (χ4v) is 2.69. The second-order valence-electron chi connectivity index (χ2n) is 6.04. The van der Waals surface area contributed by atoms with Crippen molar-refractivity contribution in [2.45, 2.75) is 32.7 Å². The summed E-state index contributed by atoms with van der Waals surface area (Å²) in [6.45, 7) is 3.27. The fraction of sp³-hybridized carbons (Fsp3) is 0.333. The number of rotatable bonds is 8. The van der Waals surface area contributed by atoms with Gasteiger partial charge in [0.05, 0.1) is 0 Å². The molecule has 0 bridgehead atoms. The van der Waals surface area contributed by atoms with Crippen LogP contribution < -0.4 is 4.90 Å². The van der Waals surface area contributed by atoms with E-state index < -0.39 is 0 Å². The van der Waals surface area contributed by atoms with Gasteiger partial charge in [0.15, 0.2) is 0 Å². The Morgan fingerprint density at radius 3 is 2.00 bits per heavy atom. The lowest BCUT2D eigenvalue weighted by Crippen LogP contribution is -2.31. The molecule has 0 N–H and O–H groups in total. The number of carbonyl (C=O) groups is 2. The molecular formula is C21H26N2O2. The zero-order valence-corrected chi connectivity index (χ0v) is 15.0. The molecule has 0 aromatic heterocycles. The predicted octanol–water partition coefficient (Wildman–Crippen LogP) is 3.87. The lowest BCUT2D eigenvalue weighted by molar-refractivity contribution is -0.131. The van der Waals surface area contributed by atoms with Gasteiger partial charge in [-0.3, -0.25) is 9.59 Å².